The lowest BCUT2D eigenvalue weighted by Crippen LogP contribution is -2.41. The Labute approximate surface area is 146 Å². The topological polar surface area (TPSA) is 42.5 Å². The summed E-state index contributed by atoms with van der Waals surface area (Å²) in [6, 6.07) is 9.53. The molecular weight excluding hydrogens is 380 g/mol. The van der Waals surface area contributed by atoms with Crippen molar-refractivity contribution in [1.82, 2.24) is 19.1 Å². The van der Waals surface area contributed by atoms with Crippen molar-refractivity contribution in [2.45, 2.75) is 19.5 Å². The summed E-state index contributed by atoms with van der Waals surface area (Å²) in [4.78, 5) is 14.7. The first-order valence-corrected chi connectivity index (χ1v) is 8.52. The molecule has 4 heterocycles. The van der Waals surface area contributed by atoms with Gasteiger partial charge in [0.2, 0.25) is 0 Å². The molecule has 1 unspecified atom stereocenters. The summed E-state index contributed by atoms with van der Waals surface area (Å²) in [5.41, 5.74) is 2.43. The molecule has 0 bridgehead atoms. The Balaban J connectivity index is 1.68. The van der Waals surface area contributed by atoms with E-state index >= 15 is 0 Å². The van der Waals surface area contributed by atoms with Crippen LogP contribution in [0.2, 0.25) is 5.02 Å². The largest absolute Gasteiger partial charge is 0.336 e. The molecule has 118 valence electrons. The Bertz CT molecular complexity index is 916. The van der Waals surface area contributed by atoms with Crippen molar-refractivity contribution in [2.75, 3.05) is 6.54 Å². The van der Waals surface area contributed by atoms with E-state index in [4.69, 9.17) is 11.6 Å². The van der Waals surface area contributed by atoms with Crippen LogP contribution in [0.4, 0.5) is 0 Å². The number of pyridine rings is 1. The summed E-state index contributed by atoms with van der Waals surface area (Å²) in [7, 11) is 0. The summed E-state index contributed by atoms with van der Waals surface area (Å²) >= 11 is 9.52. The standard InChI is InChI=1S/C16H14BrClN4O/c1-10-14-4-5-15(17)21(14)7-6-20(10)16(23)13-8-12-3-2-11(18)9-22(12)19-13/h2-5,8-10H,6-7H2,1H3. The van der Waals surface area contributed by atoms with Gasteiger partial charge in [0.15, 0.2) is 5.69 Å². The minimum atomic E-state index is -0.0547. The first-order valence-electron chi connectivity index (χ1n) is 7.35. The van der Waals surface area contributed by atoms with Crippen molar-refractivity contribution in [1.29, 1.82) is 0 Å². The zero-order valence-electron chi connectivity index (χ0n) is 12.4. The first-order chi connectivity index (χ1) is 11.0. The Kier molecular flexibility index (Phi) is 3.46. The van der Waals surface area contributed by atoms with Crippen molar-refractivity contribution in [3.8, 4) is 0 Å². The molecule has 5 nitrogen and oxygen atoms in total. The third kappa shape index (κ3) is 2.37. The van der Waals surface area contributed by atoms with Gasteiger partial charge in [-0.05, 0) is 53.2 Å². The van der Waals surface area contributed by atoms with Crippen molar-refractivity contribution < 1.29 is 4.79 Å². The molecule has 1 aliphatic heterocycles. The molecule has 23 heavy (non-hydrogen) atoms. The zero-order chi connectivity index (χ0) is 16.1. The van der Waals surface area contributed by atoms with Crippen LogP contribution in [0.3, 0.4) is 0 Å². The maximum absolute atomic E-state index is 12.9. The van der Waals surface area contributed by atoms with Gasteiger partial charge in [-0.25, -0.2) is 4.52 Å². The van der Waals surface area contributed by atoms with E-state index < -0.39 is 0 Å². The van der Waals surface area contributed by atoms with Crippen molar-refractivity contribution >= 4 is 39.0 Å². The van der Waals surface area contributed by atoms with E-state index in [1.807, 2.05) is 24.0 Å². The van der Waals surface area contributed by atoms with E-state index in [9.17, 15) is 4.79 Å². The summed E-state index contributed by atoms with van der Waals surface area (Å²) in [6.07, 6.45) is 1.70. The summed E-state index contributed by atoms with van der Waals surface area (Å²) in [6.45, 7) is 3.48. The fourth-order valence-corrected chi connectivity index (χ4v) is 3.78. The van der Waals surface area contributed by atoms with E-state index in [0.717, 1.165) is 22.4 Å². The molecule has 0 spiro atoms. The normalized spacial score (nSPS) is 17.5. The maximum Gasteiger partial charge on any atom is 0.275 e. The van der Waals surface area contributed by atoms with Crippen LogP contribution >= 0.6 is 27.5 Å². The fourth-order valence-electron chi connectivity index (χ4n) is 3.11. The van der Waals surface area contributed by atoms with E-state index in [1.54, 1.807) is 22.8 Å². The number of halogens is 2. The number of carbonyl (C=O) groups is 1. The Morgan fingerprint density at radius 2 is 2.13 bits per heavy atom. The third-order valence-electron chi connectivity index (χ3n) is 4.32. The second-order valence-corrected chi connectivity index (χ2v) is 6.90. The van der Waals surface area contributed by atoms with Gasteiger partial charge in [-0.15, -0.1) is 0 Å². The molecular formula is C16H14BrClN4O. The Morgan fingerprint density at radius 1 is 1.30 bits per heavy atom. The highest BCUT2D eigenvalue weighted by Crippen LogP contribution is 2.30. The highest BCUT2D eigenvalue weighted by Gasteiger charge is 2.30. The van der Waals surface area contributed by atoms with Crippen LogP contribution in [0.25, 0.3) is 5.52 Å². The molecule has 1 atom stereocenters. The lowest BCUT2D eigenvalue weighted by atomic mass is 10.1. The maximum atomic E-state index is 12.9. The highest BCUT2D eigenvalue weighted by molar-refractivity contribution is 9.10. The van der Waals surface area contributed by atoms with Crippen LogP contribution in [-0.2, 0) is 6.54 Å². The van der Waals surface area contributed by atoms with E-state index in [2.05, 4.69) is 31.7 Å². The fraction of sp³-hybridized carbons (Fsp3) is 0.250. The molecule has 3 aromatic heterocycles. The third-order valence-corrected chi connectivity index (χ3v) is 5.24. The lowest BCUT2D eigenvalue weighted by molar-refractivity contribution is 0.0636. The molecule has 0 radical (unpaired) electrons. The number of hydrogen-bond donors (Lipinski definition) is 0. The highest BCUT2D eigenvalue weighted by atomic mass is 79.9. The number of nitrogens with zero attached hydrogens (tertiary/aromatic N) is 4. The van der Waals surface area contributed by atoms with Gasteiger partial charge in [-0.3, -0.25) is 4.79 Å². The molecule has 1 amide bonds. The molecule has 0 saturated heterocycles. The predicted molar refractivity (Wildman–Crippen MR) is 91.8 cm³/mol. The first kappa shape index (κ1) is 14.8. The quantitative estimate of drug-likeness (QED) is 0.631. The number of carbonyl (C=O) groups excluding carboxylic acids is 1. The minimum Gasteiger partial charge on any atom is -0.336 e. The SMILES string of the molecule is CC1c2ccc(Br)n2CCN1C(=O)c1cc2ccc(Cl)cn2n1. The van der Waals surface area contributed by atoms with Crippen LogP contribution in [0, 0.1) is 0 Å². The second kappa shape index (κ2) is 5.39. The van der Waals surface area contributed by atoms with Crippen molar-refractivity contribution in [2.24, 2.45) is 0 Å². The number of aromatic nitrogens is 3. The average Bonchev–Trinajstić information content (AvgIpc) is 3.11. The van der Waals surface area contributed by atoms with Gasteiger partial charge in [-0.1, -0.05) is 11.6 Å². The van der Waals surface area contributed by atoms with Crippen molar-refractivity contribution in [3.05, 3.63) is 57.5 Å². The van der Waals surface area contributed by atoms with Crippen LogP contribution in [0.1, 0.15) is 29.1 Å². The van der Waals surface area contributed by atoms with Gasteiger partial charge in [0, 0.05) is 25.0 Å². The molecule has 1 aliphatic rings. The van der Waals surface area contributed by atoms with Crippen molar-refractivity contribution in [3.63, 3.8) is 0 Å². The molecule has 0 aliphatic carbocycles. The lowest BCUT2D eigenvalue weighted by Gasteiger charge is -2.34. The van der Waals surface area contributed by atoms with E-state index in [1.165, 1.54) is 0 Å². The van der Waals surface area contributed by atoms with E-state index in [0.29, 0.717) is 17.3 Å². The smallest absolute Gasteiger partial charge is 0.275 e. The Hall–Kier alpha value is -1.79. The molecule has 3 aromatic rings. The molecule has 0 N–H and O–H groups in total. The average molecular weight is 394 g/mol. The van der Waals surface area contributed by atoms with Gasteiger partial charge in [0.1, 0.15) is 0 Å². The predicted octanol–water partition coefficient (Wildman–Crippen LogP) is 3.77. The van der Waals surface area contributed by atoms with E-state index in [-0.39, 0.29) is 11.9 Å². The second-order valence-electron chi connectivity index (χ2n) is 5.65. The molecule has 0 aromatic carbocycles. The van der Waals surface area contributed by atoms with Crippen LogP contribution in [0.15, 0.2) is 41.1 Å². The van der Waals surface area contributed by atoms with Gasteiger partial charge >= 0.3 is 0 Å². The molecule has 0 fully saturated rings. The number of amides is 1. The summed E-state index contributed by atoms with van der Waals surface area (Å²) in [5.74, 6) is -0.0547. The number of rotatable bonds is 1. The number of hydrogen-bond acceptors (Lipinski definition) is 2. The zero-order valence-corrected chi connectivity index (χ0v) is 14.8. The molecule has 0 saturated carbocycles. The van der Waals surface area contributed by atoms with Crippen LogP contribution in [0.5, 0.6) is 0 Å². The van der Waals surface area contributed by atoms with Gasteiger partial charge in [0.25, 0.3) is 5.91 Å². The summed E-state index contributed by atoms with van der Waals surface area (Å²) < 4.78 is 4.88. The van der Waals surface area contributed by atoms with Gasteiger partial charge in [-0.2, -0.15) is 5.10 Å². The van der Waals surface area contributed by atoms with Gasteiger partial charge in [0.05, 0.1) is 21.2 Å². The Morgan fingerprint density at radius 3 is 2.96 bits per heavy atom. The molecule has 7 heteroatoms. The monoisotopic (exact) mass is 392 g/mol. The minimum absolute atomic E-state index is 0.0101. The number of fused-ring (bicyclic) bond motifs is 2. The molecule has 4 rings (SSSR count). The van der Waals surface area contributed by atoms with Crippen LogP contribution in [-0.4, -0.2) is 31.5 Å². The van der Waals surface area contributed by atoms with Crippen LogP contribution < -0.4 is 0 Å². The van der Waals surface area contributed by atoms with Gasteiger partial charge < -0.3 is 9.47 Å². The summed E-state index contributed by atoms with van der Waals surface area (Å²) in [5, 5.41) is 4.96.